The second kappa shape index (κ2) is 13.2. The lowest BCUT2D eigenvalue weighted by Gasteiger charge is -2.12. The van der Waals surface area contributed by atoms with Crippen LogP contribution in [0.3, 0.4) is 0 Å². The Bertz CT molecular complexity index is 785. The second-order valence-electron chi connectivity index (χ2n) is 6.82. The number of hydrogen-bond acceptors (Lipinski definition) is 3. The molecule has 2 rings (SSSR count). The molecule has 0 saturated heterocycles. The van der Waals surface area contributed by atoms with E-state index < -0.39 is 0 Å². The van der Waals surface area contributed by atoms with E-state index in [0.717, 1.165) is 56.4 Å². The standard InChI is InChI=1S/C21H32N6O.HI/c1-5-22-21(23-12-6-14-27-17(3)15-16(2)26-27)24-13-11-19-7-9-20(10-8-19)25-18(4)28;/h7-10,15H,5-6,11-14H2,1-4H3,(H,25,28)(H2,22,23,24);1H. The van der Waals surface area contributed by atoms with Crippen molar-refractivity contribution in [3.05, 3.63) is 47.3 Å². The van der Waals surface area contributed by atoms with Crippen LogP contribution in [0.2, 0.25) is 0 Å². The highest BCUT2D eigenvalue weighted by molar-refractivity contribution is 14.0. The number of amides is 1. The number of guanidine groups is 1. The van der Waals surface area contributed by atoms with Crippen LogP contribution < -0.4 is 16.0 Å². The average molecular weight is 512 g/mol. The van der Waals surface area contributed by atoms with Gasteiger partial charge in [-0.05, 0) is 57.4 Å². The fourth-order valence-electron chi connectivity index (χ4n) is 2.94. The number of halogens is 1. The Labute approximate surface area is 190 Å². The summed E-state index contributed by atoms with van der Waals surface area (Å²) in [5.74, 6) is 0.782. The minimum Gasteiger partial charge on any atom is -0.357 e. The zero-order valence-corrected chi connectivity index (χ0v) is 20.1. The number of rotatable bonds is 9. The molecule has 1 heterocycles. The minimum absolute atomic E-state index is 0. The third-order valence-corrected chi connectivity index (χ3v) is 4.23. The highest BCUT2D eigenvalue weighted by atomic mass is 127. The molecular formula is C21H33IN6O. The molecule has 160 valence electrons. The van der Waals surface area contributed by atoms with Gasteiger partial charge in [0.2, 0.25) is 5.91 Å². The molecule has 0 spiro atoms. The molecule has 1 aromatic carbocycles. The van der Waals surface area contributed by atoms with E-state index in [0.29, 0.717) is 0 Å². The largest absolute Gasteiger partial charge is 0.357 e. The summed E-state index contributed by atoms with van der Waals surface area (Å²) in [5.41, 5.74) is 4.28. The number of aryl methyl sites for hydroxylation is 3. The van der Waals surface area contributed by atoms with Crippen molar-refractivity contribution in [3.63, 3.8) is 0 Å². The fraction of sp³-hybridized carbons (Fsp3) is 0.476. The molecule has 0 aliphatic rings. The van der Waals surface area contributed by atoms with Gasteiger partial charge in [0.25, 0.3) is 0 Å². The summed E-state index contributed by atoms with van der Waals surface area (Å²) < 4.78 is 2.04. The Kier molecular flexibility index (Phi) is 11.3. The van der Waals surface area contributed by atoms with Crippen LogP contribution in [0.15, 0.2) is 35.3 Å². The molecule has 0 aliphatic heterocycles. The van der Waals surface area contributed by atoms with Crippen molar-refractivity contribution in [2.75, 3.05) is 25.0 Å². The van der Waals surface area contributed by atoms with Crippen LogP contribution in [0, 0.1) is 13.8 Å². The molecule has 0 aliphatic carbocycles. The molecule has 0 atom stereocenters. The maximum absolute atomic E-state index is 11.1. The Morgan fingerprint density at radius 2 is 1.90 bits per heavy atom. The van der Waals surface area contributed by atoms with Gasteiger partial charge < -0.3 is 16.0 Å². The van der Waals surface area contributed by atoms with Gasteiger partial charge in [0, 0.05) is 44.5 Å². The van der Waals surface area contributed by atoms with Gasteiger partial charge in [-0.3, -0.25) is 14.5 Å². The summed E-state index contributed by atoms with van der Waals surface area (Å²) >= 11 is 0. The van der Waals surface area contributed by atoms with Crippen LogP contribution in [0.25, 0.3) is 0 Å². The molecule has 3 N–H and O–H groups in total. The number of anilines is 1. The van der Waals surface area contributed by atoms with E-state index in [1.165, 1.54) is 18.2 Å². The van der Waals surface area contributed by atoms with E-state index in [2.05, 4.69) is 46.0 Å². The molecule has 1 aromatic heterocycles. The second-order valence-corrected chi connectivity index (χ2v) is 6.82. The smallest absolute Gasteiger partial charge is 0.221 e. The molecule has 29 heavy (non-hydrogen) atoms. The maximum Gasteiger partial charge on any atom is 0.221 e. The van der Waals surface area contributed by atoms with Crippen LogP contribution in [-0.2, 0) is 17.8 Å². The number of aliphatic imine (C=N–C) groups is 1. The summed E-state index contributed by atoms with van der Waals surface area (Å²) in [5, 5.41) is 13.9. The van der Waals surface area contributed by atoms with Crippen molar-refractivity contribution in [1.29, 1.82) is 0 Å². The van der Waals surface area contributed by atoms with Gasteiger partial charge >= 0.3 is 0 Å². The summed E-state index contributed by atoms with van der Waals surface area (Å²) in [6, 6.07) is 10.0. The van der Waals surface area contributed by atoms with Gasteiger partial charge in [-0.25, -0.2) is 0 Å². The predicted molar refractivity (Wildman–Crippen MR) is 130 cm³/mol. The zero-order valence-electron chi connectivity index (χ0n) is 17.8. The SMILES string of the molecule is CCNC(=NCCCn1nc(C)cc1C)NCCc1ccc(NC(C)=O)cc1.I. The highest BCUT2D eigenvalue weighted by Crippen LogP contribution is 2.09. The minimum atomic E-state index is -0.0567. The molecule has 0 bridgehead atoms. The number of benzene rings is 1. The zero-order chi connectivity index (χ0) is 20.4. The number of nitrogens with one attached hydrogen (secondary N) is 3. The topological polar surface area (TPSA) is 83.3 Å². The molecule has 0 saturated carbocycles. The summed E-state index contributed by atoms with van der Waals surface area (Å²) in [4.78, 5) is 15.7. The van der Waals surface area contributed by atoms with Crippen LogP contribution in [0.5, 0.6) is 0 Å². The summed E-state index contributed by atoms with van der Waals surface area (Å²) in [6.07, 6.45) is 1.83. The van der Waals surface area contributed by atoms with E-state index in [1.54, 1.807) is 0 Å². The van der Waals surface area contributed by atoms with Gasteiger partial charge in [-0.1, -0.05) is 12.1 Å². The first kappa shape index (κ1) is 24.9. The molecule has 0 fully saturated rings. The number of carbonyl (C=O) groups excluding carboxylic acids is 1. The van der Waals surface area contributed by atoms with Crippen molar-refractivity contribution in [3.8, 4) is 0 Å². The Balaban J connectivity index is 0.00000420. The normalized spacial score (nSPS) is 11.0. The highest BCUT2D eigenvalue weighted by Gasteiger charge is 2.02. The molecule has 0 radical (unpaired) electrons. The van der Waals surface area contributed by atoms with E-state index in [9.17, 15) is 4.79 Å². The number of hydrogen-bond donors (Lipinski definition) is 3. The van der Waals surface area contributed by atoms with Gasteiger partial charge in [-0.15, -0.1) is 24.0 Å². The Hall–Kier alpha value is -2.10. The van der Waals surface area contributed by atoms with Crippen LogP contribution in [0.1, 0.15) is 37.2 Å². The third kappa shape index (κ3) is 9.29. The quantitative estimate of drug-likeness (QED) is 0.209. The van der Waals surface area contributed by atoms with E-state index in [4.69, 9.17) is 0 Å². The Morgan fingerprint density at radius 3 is 2.48 bits per heavy atom. The van der Waals surface area contributed by atoms with Gasteiger partial charge in [0.1, 0.15) is 0 Å². The lowest BCUT2D eigenvalue weighted by Crippen LogP contribution is -2.38. The van der Waals surface area contributed by atoms with Crippen LogP contribution >= 0.6 is 24.0 Å². The monoisotopic (exact) mass is 512 g/mol. The maximum atomic E-state index is 11.1. The first-order valence-electron chi connectivity index (χ1n) is 9.87. The lowest BCUT2D eigenvalue weighted by atomic mass is 10.1. The van der Waals surface area contributed by atoms with Crippen LogP contribution in [-0.4, -0.2) is 41.3 Å². The van der Waals surface area contributed by atoms with Gasteiger partial charge in [0.15, 0.2) is 5.96 Å². The fourth-order valence-corrected chi connectivity index (χ4v) is 2.94. The van der Waals surface area contributed by atoms with E-state index >= 15 is 0 Å². The number of aromatic nitrogens is 2. The van der Waals surface area contributed by atoms with Gasteiger partial charge in [-0.2, -0.15) is 5.10 Å². The van der Waals surface area contributed by atoms with Crippen molar-refractivity contribution in [2.45, 2.75) is 47.1 Å². The Morgan fingerprint density at radius 1 is 1.17 bits per heavy atom. The average Bonchev–Trinajstić information content (AvgIpc) is 2.97. The van der Waals surface area contributed by atoms with Crippen molar-refractivity contribution >= 4 is 41.5 Å². The van der Waals surface area contributed by atoms with Crippen molar-refractivity contribution in [2.24, 2.45) is 4.99 Å². The third-order valence-electron chi connectivity index (χ3n) is 4.23. The van der Waals surface area contributed by atoms with Crippen LogP contribution in [0.4, 0.5) is 5.69 Å². The summed E-state index contributed by atoms with van der Waals surface area (Å²) in [7, 11) is 0. The molecule has 7 nitrogen and oxygen atoms in total. The van der Waals surface area contributed by atoms with Crippen molar-refractivity contribution in [1.82, 2.24) is 20.4 Å². The number of nitrogens with zero attached hydrogens (tertiary/aromatic N) is 3. The molecular weight excluding hydrogens is 479 g/mol. The molecule has 1 amide bonds. The van der Waals surface area contributed by atoms with Crippen molar-refractivity contribution < 1.29 is 4.79 Å². The summed E-state index contributed by atoms with van der Waals surface area (Å²) in [6.45, 7) is 10.9. The van der Waals surface area contributed by atoms with E-state index in [1.807, 2.05) is 35.9 Å². The first-order valence-corrected chi connectivity index (χ1v) is 9.87. The number of carbonyl (C=O) groups is 1. The first-order chi connectivity index (χ1) is 13.5. The lowest BCUT2D eigenvalue weighted by molar-refractivity contribution is -0.114. The van der Waals surface area contributed by atoms with Gasteiger partial charge in [0.05, 0.1) is 5.69 Å². The predicted octanol–water partition coefficient (Wildman–Crippen LogP) is 3.26. The molecule has 8 heteroatoms. The van der Waals surface area contributed by atoms with E-state index in [-0.39, 0.29) is 29.9 Å². The molecule has 0 unspecified atom stereocenters. The molecule has 2 aromatic rings.